The minimum atomic E-state index is -0.785. The third-order valence-corrected chi connectivity index (χ3v) is 4.25. The number of fused-ring (bicyclic) bond motifs is 1. The van der Waals surface area contributed by atoms with E-state index in [0.717, 1.165) is 26.1 Å². The summed E-state index contributed by atoms with van der Waals surface area (Å²) < 4.78 is 11.3. The molecule has 5 heteroatoms. The van der Waals surface area contributed by atoms with Gasteiger partial charge < -0.3 is 19.5 Å². The molecule has 17 heavy (non-hydrogen) atoms. The summed E-state index contributed by atoms with van der Waals surface area (Å²) >= 11 is 0. The zero-order valence-corrected chi connectivity index (χ0v) is 9.88. The van der Waals surface area contributed by atoms with E-state index in [1.807, 2.05) is 0 Å². The SMILES string of the molecule is O=C(O)N1C[C@@H]2[C@@H](COC3CCCCO3)[C@@H]2C1. The maximum atomic E-state index is 10.8. The van der Waals surface area contributed by atoms with Crippen molar-refractivity contribution in [1.29, 1.82) is 0 Å². The van der Waals surface area contributed by atoms with Crippen molar-refractivity contribution in [3.63, 3.8) is 0 Å². The van der Waals surface area contributed by atoms with Crippen LogP contribution in [0.25, 0.3) is 0 Å². The first kappa shape index (κ1) is 11.3. The summed E-state index contributed by atoms with van der Waals surface area (Å²) in [5, 5.41) is 8.85. The largest absolute Gasteiger partial charge is 0.465 e. The molecule has 1 aliphatic carbocycles. The average molecular weight is 241 g/mol. The molecule has 3 aliphatic rings. The topological polar surface area (TPSA) is 59.0 Å². The maximum Gasteiger partial charge on any atom is 0.407 e. The van der Waals surface area contributed by atoms with Crippen molar-refractivity contribution in [2.45, 2.75) is 25.6 Å². The third-order valence-electron chi connectivity index (χ3n) is 4.25. The molecule has 0 bridgehead atoms. The highest BCUT2D eigenvalue weighted by atomic mass is 16.7. The summed E-state index contributed by atoms with van der Waals surface area (Å²) in [6, 6.07) is 0. The minimum Gasteiger partial charge on any atom is -0.465 e. The molecule has 5 nitrogen and oxygen atoms in total. The zero-order valence-electron chi connectivity index (χ0n) is 9.88. The van der Waals surface area contributed by atoms with Crippen molar-refractivity contribution in [2.24, 2.45) is 17.8 Å². The van der Waals surface area contributed by atoms with Crippen LogP contribution in [0, 0.1) is 17.8 Å². The molecule has 0 aromatic heterocycles. The number of ether oxygens (including phenoxy) is 2. The first-order valence-corrected chi connectivity index (χ1v) is 6.47. The molecule has 3 rings (SSSR count). The van der Waals surface area contributed by atoms with Gasteiger partial charge in [-0.2, -0.15) is 0 Å². The van der Waals surface area contributed by atoms with Crippen LogP contribution in [-0.2, 0) is 9.47 Å². The van der Waals surface area contributed by atoms with Crippen LogP contribution in [0.4, 0.5) is 4.79 Å². The summed E-state index contributed by atoms with van der Waals surface area (Å²) in [5.41, 5.74) is 0. The lowest BCUT2D eigenvalue weighted by Gasteiger charge is -2.23. The Hall–Kier alpha value is -0.810. The molecule has 1 unspecified atom stereocenters. The van der Waals surface area contributed by atoms with Crippen molar-refractivity contribution >= 4 is 6.09 Å². The monoisotopic (exact) mass is 241 g/mol. The molecule has 0 aromatic carbocycles. The predicted octanol–water partition coefficient (Wildman–Crippen LogP) is 1.39. The number of rotatable bonds is 3. The van der Waals surface area contributed by atoms with E-state index in [-0.39, 0.29) is 6.29 Å². The second-order valence-electron chi connectivity index (χ2n) is 5.31. The fourth-order valence-electron chi connectivity index (χ4n) is 3.11. The molecule has 0 spiro atoms. The normalized spacial score (nSPS) is 40.1. The number of carboxylic acid groups (broad SMARTS) is 1. The molecular formula is C12H19NO4. The Morgan fingerprint density at radius 2 is 2.12 bits per heavy atom. The lowest BCUT2D eigenvalue weighted by atomic mass is 10.2. The lowest BCUT2D eigenvalue weighted by Crippen LogP contribution is -2.31. The Balaban J connectivity index is 1.38. The molecular weight excluding hydrogens is 222 g/mol. The van der Waals surface area contributed by atoms with Gasteiger partial charge in [-0.25, -0.2) is 4.79 Å². The lowest BCUT2D eigenvalue weighted by molar-refractivity contribution is -0.166. The van der Waals surface area contributed by atoms with E-state index >= 15 is 0 Å². The van der Waals surface area contributed by atoms with E-state index in [0.29, 0.717) is 30.8 Å². The third kappa shape index (κ3) is 2.26. The first-order chi connectivity index (χ1) is 8.25. The highest BCUT2D eigenvalue weighted by molar-refractivity contribution is 5.65. The Morgan fingerprint density at radius 1 is 1.35 bits per heavy atom. The highest BCUT2D eigenvalue weighted by Gasteiger charge is 2.56. The van der Waals surface area contributed by atoms with E-state index in [2.05, 4.69) is 0 Å². The standard InChI is InChI=1S/C12H19NO4/c14-12(15)13-5-8-9(6-13)10(8)7-17-11-3-1-2-4-16-11/h8-11H,1-7H2,(H,14,15)/t8-,9+,10+,11?. The maximum absolute atomic E-state index is 10.8. The van der Waals surface area contributed by atoms with Crippen LogP contribution in [0.15, 0.2) is 0 Å². The second-order valence-corrected chi connectivity index (χ2v) is 5.31. The Bertz CT molecular complexity index is 291. The molecule has 1 amide bonds. The number of hydrogen-bond acceptors (Lipinski definition) is 3. The summed E-state index contributed by atoms with van der Waals surface area (Å²) in [6.07, 6.45) is 2.54. The average Bonchev–Trinajstić information content (AvgIpc) is 2.80. The number of hydrogen-bond donors (Lipinski definition) is 1. The van der Waals surface area contributed by atoms with E-state index in [1.165, 1.54) is 11.3 Å². The molecule has 3 fully saturated rings. The first-order valence-electron chi connectivity index (χ1n) is 6.47. The van der Waals surface area contributed by atoms with Crippen LogP contribution < -0.4 is 0 Å². The molecule has 2 heterocycles. The van der Waals surface area contributed by atoms with Gasteiger partial charge in [-0.05, 0) is 37.0 Å². The van der Waals surface area contributed by atoms with Crippen molar-refractivity contribution in [3.05, 3.63) is 0 Å². The Morgan fingerprint density at radius 3 is 2.71 bits per heavy atom. The van der Waals surface area contributed by atoms with Gasteiger partial charge in [-0.3, -0.25) is 0 Å². The van der Waals surface area contributed by atoms with Gasteiger partial charge in [-0.15, -0.1) is 0 Å². The zero-order chi connectivity index (χ0) is 11.8. The van der Waals surface area contributed by atoms with Gasteiger partial charge in [0.05, 0.1) is 6.61 Å². The van der Waals surface area contributed by atoms with Crippen LogP contribution in [0.5, 0.6) is 0 Å². The van der Waals surface area contributed by atoms with Gasteiger partial charge in [0.25, 0.3) is 0 Å². The van der Waals surface area contributed by atoms with Crippen LogP contribution in [0.2, 0.25) is 0 Å². The van der Waals surface area contributed by atoms with Crippen LogP contribution in [0.1, 0.15) is 19.3 Å². The number of likely N-dealkylation sites (tertiary alicyclic amines) is 1. The van der Waals surface area contributed by atoms with Crippen LogP contribution in [0.3, 0.4) is 0 Å². The number of carbonyl (C=O) groups is 1. The summed E-state index contributed by atoms with van der Waals surface area (Å²) in [6.45, 7) is 2.95. The van der Waals surface area contributed by atoms with E-state index in [1.54, 1.807) is 0 Å². The second kappa shape index (κ2) is 4.46. The van der Waals surface area contributed by atoms with Crippen molar-refractivity contribution in [1.82, 2.24) is 4.90 Å². The van der Waals surface area contributed by atoms with Gasteiger partial charge in [-0.1, -0.05) is 0 Å². The summed E-state index contributed by atoms with van der Waals surface area (Å²) in [4.78, 5) is 12.3. The van der Waals surface area contributed by atoms with E-state index in [4.69, 9.17) is 14.6 Å². The molecule has 2 aliphatic heterocycles. The Labute approximate surface area is 101 Å². The van der Waals surface area contributed by atoms with Crippen LogP contribution in [-0.4, -0.2) is 48.7 Å². The predicted molar refractivity (Wildman–Crippen MR) is 59.6 cm³/mol. The summed E-state index contributed by atoms with van der Waals surface area (Å²) in [5.74, 6) is 1.64. The molecule has 96 valence electrons. The minimum absolute atomic E-state index is 0.0133. The Kier molecular flexibility index (Phi) is 2.96. The smallest absolute Gasteiger partial charge is 0.407 e. The van der Waals surface area contributed by atoms with Gasteiger partial charge in [0.2, 0.25) is 0 Å². The van der Waals surface area contributed by atoms with E-state index in [9.17, 15) is 4.79 Å². The quantitative estimate of drug-likeness (QED) is 0.811. The van der Waals surface area contributed by atoms with Gasteiger partial charge in [0.1, 0.15) is 0 Å². The molecule has 0 aromatic rings. The van der Waals surface area contributed by atoms with Gasteiger partial charge in [0.15, 0.2) is 6.29 Å². The van der Waals surface area contributed by atoms with Gasteiger partial charge >= 0.3 is 6.09 Å². The van der Waals surface area contributed by atoms with Crippen LogP contribution >= 0.6 is 0 Å². The van der Waals surface area contributed by atoms with Crippen molar-refractivity contribution in [2.75, 3.05) is 26.3 Å². The number of amides is 1. The van der Waals surface area contributed by atoms with Gasteiger partial charge in [0, 0.05) is 19.7 Å². The molecule has 1 saturated carbocycles. The van der Waals surface area contributed by atoms with E-state index < -0.39 is 6.09 Å². The number of nitrogens with zero attached hydrogens (tertiary/aromatic N) is 1. The highest BCUT2D eigenvalue weighted by Crippen LogP contribution is 2.51. The van der Waals surface area contributed by atoms with Crippen molar-refractivity contribution < 1.29 is 19.4 Å². The fraction of sp³-hybridized carbons (Fsp3) is 0.917. The van der Waals surface area contributed by atoms with Crippen molar-refractivity contribution in [3.8, 4) is 0 Å². The molecule has 2 saturated heterocycles. The summed E-state index contributed by atoms with van der Waals surface area (Å²) in [7, 11) is 0. The number of piperidine rings is 1. The molecule has 0 radical (unpaired) electrons. The molecule has 1 N–H and O–H groups in total. The molecule has 4 atom stereocenters. The fourth-order valence-corrected chi connectivity index (χ4v) is 3.11.